The first-order valence-corrected chi connectivity index (χ1v) is 7.82. The molecule has 23 heavy (non-hydrogen) atoms. The Morgan fingerprint density at radius 1 is 1.26 bits per heavy atom. The number of nitrogens with one attached hydrogen (secondary N) is 1. The number of rotatable bonds is 5. The number of anilines is 1. The molecule has 0 aliphatic heterocycles. The Hall–Kier alpha value is -2.63. The minimum atomic E-state index is -1.06. The summed E-state index contributed by atoms with van der Waals surface area (Å²) >= 11 is 0. The van der Waals surface area contributed by atoms with E-state index in [0.717, 1.165) is 12.3 Å². The molecule has 0 radical (unpaired) electrons. The molecule has 1 aromatic heterocycles. The maximum atomic E-state index is 12.2. The van der Waals surface area contributed by atoms with Crippen molar-refractivity contribution in [3.05, 3.63) is 42.2 Å². The van der Waals surface area contributed by atoms with Crippen molar-refractivity contribution in [3.8, 4) is 5.69 Å². The van der Waals surface area contributed by atoms with Crippen LogP contribution in [0, 0.1) is 17.8 Å². The van der Waals surface area contributed by atoms with Crippen LogP contribution in [0.2, 0.25) is 0 Å². The van der Waals surface area contributed by atoms with E-state index >= 15 is 0 Å². The highest BCUT2D eigenvalue weighted by molar-refractivity contribution is 5.94. The van der Waals surface area contributed by atoms with Gasteiger partial charge >= 0.3 is 5.97 Å². The summed E-state index contributed by atoms with van der Waals surface area (Å²) in [5.74, 6) is 0.547. The van der Waals surface area contributed by atoms with Crippen molar-refractivity contribution in [2.24, 2.45) is 17.8 Å². The summed E-state index contributed by atoms with van der Waals surface area (Å²) in [6, 6.07) is 8.71. The first kappa shape index (κ1) is 14.0. The monoisotopic (exact) mass is 311 g/mol. The third-order valence-electron chi connectivity index (χ3n) is 4.59. The van der Waals surface area contributed by atoms with Crippen molar-refractivity contribution in [1.29, 1.82) is 0 Å². The third-order valence-corrected chi connectivity index (χ3v) is 4.59. The number of carboxylic acids is 1. The number of hydrogen-bond acceptors (Lipinski definition) is 3. The normalized spacial score (nSPS) is 22.6. The molecule has 4 rings (SSSR count). The van der Waals surface area contributed by atoms with E-state index < -0.39 is 5.97 Å². The number of nitrogens with zero attached hydrogens (tertiary/aromatic N) is 2. The molecular weight excluding hydrogens is 294 g/mol. The zero-order valence-corrected chi connectivity index (χ0v) is 12.5. The number of carbonyl (C=O) groups excluding carboxylic acids is 1. The fraction of sp³-hybridized carbons (Fsp3) is 0.353. The van der Waals surface area contributed by atoms with Crippen molar-refractivity contribution < 1.29 is 14.7 Å². The lowest BCUT2D eigenvalue weighted by Crippen LogP contribution is -2.15. The molecule has 2 N–H and O–H groups in total. The summed E-state index contributed by atoms with van der Waals surface area (Å²) in [7, 11) is 0. The second-order valence-corrected chi connectivity index (χ2v) is 6.33. The second-order valence-electron chi connectivity index (χ2n) is 6.33. The van der Waals surface area contributed by atoms with Crippen LogP contribution in [0.4, 0.5) is 5.69 Å². The number of carbonyl (C=O) groups is 2. The van der Waals surface area contributed by atoms with Crippen LogP contribution in [-0.2, 0) is 4.79 Å². The van der Waals surface area contributed by atoms with Gasteiger partial charge in [-0.15, -0.1) is 0 Å². The molecule has 0 bridgehead atoms. The Morgan fingerprint density at radius 2 is 2.09 bits per heavy atom. The van der Waals surface area contributed by atoms with Crippen LogP contribution in [0.3, 0.4) is 0 Å². The summed E-state index contributed by atoms with van der Waals surface area (Å²) in [6.07, 6.45) is 5.15. The lowest BCUT2D eigenvalue weighted by molar-refractivity contribution is -0.117. The van der Waals surface area contributed by atoms with E-state index in [0.29, 0.717) is 17.3 Å². The Balaban J connectivity index is 1.47. The average molecular weight is 311 g/mol. The van der Waals surface area contributed by atoms with E-state index in [1.807, 2.05) is 18.2 Å². The zero-order valence-electron chi connectivity index (χ0n) is 12.5. The van der Waals surface area contributed by atoms with Crippen LogP contribution in [0.25, 0.3) is 5.69 Å². The SMILES string of the molecule is O=C(O)c1ccn(-c2cccc(NC(=O)[C@@H]3C[C@@H]3C3CC3)c2)n1. The molecule has 0 spiro atoms. The van der Waals surface area contributed by atoms with Gasteiger partial charge in [-0.3, -0.25) is 4.79 Å². The Bertz CT molecular complexity index is 779. The Kier molecular flexibility index (Phi) is 3.18. The lowest BCUT2D eigenvalue weighted by atomic mass is 10.2. The Morgan fingerprint density at radius 3 is 2.78 bits per heavy atom. The first-order chi connectivity index (χ1) is 11.1. The summed E-state index contributed by atoms with van der Waals surface area (Å²) in [5, 5.41) is 15.9. The number of aromatic carboxylic acids is 1. The van der Waals surface area contributed by atoms with E-state index in [1.165, 1.54) is 23.6 Å². The van der Waals surface area contributed by atoms with Gasteiger partial charge in [-0.1, -0.05) is 6.07 Å². The van der Waals surface area contributed by atoms with Gasteiger partial charge in [0.15, 0.2) is 5.69 Å². The molecule has 1 amide bonds. The molecule has 2 aromatic rings. The van der Waals surface area contributed by atoms with Gasteiger partial charge in [0.2, 0.25) is 5.91 Å². The highest BCUT2D eigenvalue weighted by Gasteiger charge is 2.51. The summed E-state index contributed by atoms with van der Waals surface area (Å²) in [4.78, 5) is 23.1. The van der Waals surface area contributed by atoms with Gasteiger partial charge in [0.05, 0.1) is 5.69 Å². The molecular formula is C17H17N3O3. The van der Waals surface area contributed by atoms with Gasteiger partial charge < -0.3 is 10.4 Å². The van der Waals surface area contributed by atoms with Gasteiger partial charge in [0.1, 0.15) is 0 Å². The zero-order chi connectivity index (χ0) is 16.0. The van der Waals surface area contributed by atoms with Gasteiger partial charge in [0.25, 0.3) is 0 Å². The standard InChI is InChI=1S/C17H17N3O3/c21-16(14-9-13(14)10-4-5-10)18-11-2-1-3-12(8-11)20-7-6-15(19-20)17(22)23/h1-3,6-8,10,13-14H,4-5,9H2,(H,18,21)(H,22,23)/t13-,14-/m1/s1. The number of hydrogen-bond donors (Lipinski definition) is 2. The van der Waals surface area contributed by atoms with E-state index in [-0.39, 0.29) is 17.5 Å². The molecule has 2 fully saturated rings. The van der Waals surface area contributed by atoms with Gasteiger partial charge in [-0.25, -0.2) is 9.48 Å². The summed E-state index contributed by atoms with van der Waals surface area (Å²) in [5.41, 5.74) is 1.41. The van der Waals surface area contributed by atoms with Crippen LogP contribution >= 0.6 is 0 Å². The topological polar surface area (TPSA) is 84.2 Å². The highest BCUT2D eigenvalue weighted by atomic mass is 16.4. The van der Waals surface area contributed by atoms with Crippen LogP contribution in [0.5, 0.6) is 0 Å². The lowest BCUT2D eigenvalue weighted by Gasteiger charge is -2.07. The van der Waals surface area contributed by atoms with E-state index in [4.69, 9.17) is 5.11 Å². The molecule has 2 atom stereocenters. The predicted octanol–water partition coefficient (Wildman–Crippen LogP) is 2.56. The molecule has 1 heterocycles. The summed E-state index contributed by atoms with van der Waals surface area (Å²) < 4.78 is 1.49. The molecule has 6 heteroatoms. The smallest absolute Gasteiger partial charge is 0.356 e. The predicted molar refractivity (Wildman–Crippen MR) is 83.5 cm³/mol. The fourth-order valence-corrected chi connectivity index (χ4v) is 3.10. The molecule has 118 valence electrons. The molecule has 0 saturated heterocycles. The minimum absolute atomic E-state index is 0.00954. The van der Waals surface area contributed by atoms with Crippen molar-refractivity contribution in [2.45, 2.75) is 19.3 Å². The minimum Gasteiger partial charge on any atom is -0.476 e. The highest BCUT2D eigenvalue weighted by Crippen LogP contribution is 2.54. The average Bonchev–Trinajstić information content (AvgIpc) is 3.43. The second kappa shape index (κ2) is 5.22. The van der Waals surface area contributed by atoms with Crippen molar-refractivity contribution in [3.63, 3.8) is 0 Å². The van der Waals surface area contributed by atoms with Crippen LogP contribution in [0.1, 0.15) is 29.8 Å². The largest absolute Gasteiger partial charge is 0.476 e. The number of aromatic nitrogens is 2. The maximum Gasteiger partial charge on any atom is 0.356 e. The molecule has 2 aliphatic rings. The van der Waals surface area contributed by atoms with E-state index in [2.05, 4.69) is 10.4 Å². The Labute approximate surface area is 133 Å². The van der Waals surface area contributed by atoms with Crippen LogP contribution in [-0.4, -0.2) is 26.8 Å². The third kappa shape index (κ3) is 2.84. The molecule has 0 unspecified atom stereocenters. The van der Waals surface area contributed by atoms with E-state index in [1.54, 1.807) is 12.3 Å². The number of amides is 1. The van der Waals surface area contributed by atoms with Crippen molar-refractivity contribution >= 4 is 17.6 Å². The molecule has 2 aliphatic carbocycles. The number of benzene rings is 1. The van der Waals surface area contributed by atoms with Gasteiger partial charge in [-0.05, 0) is 55.4 Å². The molecule has 1 aromatic carbocycles. The van der Waals surface area contributed by atoms with E-state index in [9.17, 15) is 9.59 Å². The van der Waals surface area contributed by atoms with Gasteiger partial charge in [0, 0.05) is 17.8 Å². The van der Waals surface area contributed by atoms with Crippen LogP contribution in [0.15, 0.2) is 36.5 Å². The fourth-order valence-electron chi connectivity index (χ4n) is 3.10. The molecule has 2 saturated carbocycles. The van der Waals surface area contributed by atoms with Crippen LogP contribution < -0.4 is 5.32 Å². The quantitative estimate of drug-likeness (QED) is 0.889. The maximum absolute atomic E-state index is 12.2. The summed E-state index contributed by atoms with van der Waals surface area (Å²) in [6.45, 7) is 0. The van der Waals surface area contributed by atoms with Crippen molar-refractivity contribution in [2.75, 3.05) is 5.32 Å². The van der Waals surface area contributed by atoms with Crippen molar-refractivity contribution in [1.82, 2.24) is 9.78 Å². The number of carboxylic acid groups (broad SMARTS) is 1. The van der Waals surface area contributed by atoms with Gasteiger partial charge in [-0.2, -0.15) is 5.10 Å². The molecule has 6 nitrogen and oxygen atoms in total. The first-order valence-electron chi connectivity index (χ1n) is 7.82.